The van der Waals surface area contributed by atoms with Crippen LogP contribution in [0.25, 0.3) is 22.2 Å². The van der Waals surface area contributed by atoms with Gasteiger partial charge in [-0.05, 0) is 37.1 Å². The molecule has 27 heavy (non-hydrogen) atoms. The Labute approximate surface area is 168 Å². The molecule has 1 unspecified atom stereocenters. The second-order valence-corrected chi connectivity index (χ2v) is 9.68. The summed E-state index contributed by atoms with van der Waals surface area (Å²) in [6.07, 6.45) is 3.06. The zero-order chi connectivity index (χ0) is 19.9. The Hall–Kier alpha value is -1.76. The third-order valence-corrected chi connectivity index (χ3v) is 7.60. The van der Waals surface area contributed by atoms with Crippen LogP contribution in [-0.4, -0.2) is 29.7 Å². The Morgan fingerprint density at radius 3 is 2.44 bits per heavy atom. The fourth-order valence-corrected chi connectivity index (χ4v) is 4.98. The van der Waals surface area contributed by atoms with E-state index < -0.39 is 15.3 Å². The fraction of sp³-hybridized carbons (Fsp3) is 0.316. The van der Waals surface area contributed by atoms with E-state index in [1.54, 1.807) is 37.4 Å². The van der Waals surface area contributed by atoms with E-state index in [1.807, 2.05) is 13.8 Å². The first-order valence-corrected chi connectivity index (χ1v) is 10.7. The maximum atomic E-state index is 13.2. The number of pyridine rings is 1. The van der Waals surface area contributed by atoms with E-state index in [0.29, 0.717) is 38.0 Å². The number of fused-ring (bicyclic) bond motifs is 1. The lowest BCUT2D eigenvalue weighted by Gasteiger charge is -2.17. The van der Waals surface area contributed by atoms with Crippen molar-refractivity contribution >= 4 is 44.3 Å². The van der Waals surface area contributed by atoms with Crippen molar-refractivity contribution in [2.24, 2.45) is 5.92 Å². The van der Waals surface area contributed by atoms with Crippen molar-refractivity contribution in [1.29, 1.82) is 0 Å². The van der Waals surface area contributed by atoms with Crippen LogP contribution in [0, 0.1) is 5.92 Å². The van der Waals surface area contributed by atoms with Gasteiger partial charge in [0.25, 0.3) is 0 Å². The summed E-state index contributed by atoms with van der Waals surface area (Å²) in [5.41, 5.74) is 1.60. The number of rotatable bonds is 5. The van der Waals surface area contributed by atoms with Gasteiger partial charge in [0.05, 0.1) is 17.4 Å². The van der Waals surface area contributed by atoms with Crippen LogP contribution in [0.5, 0.6) is 5.75 Å². The van der Waals surface area contributed by atoms with E-state index in [-0.39, 0.29) is 5.92 Å². The highest BCUT2D eigenvalue weighted by Crippen LogP contribution is 2.40. The van der Waals surface area contributed by atoms with Gasteiger partial charge in [-0.3, -0.25) is 0 Å². The van der Waals surface area contributed by atoms with Crippen LogP contribution in [0.2, 0.25) is 10.0 Å². The standard InChI is InChI=1S/C19H20Cl2N2O3S/c1-11(2)12(3)27(24,25)23-10-15(18-16(21)7-8-22-19(18)23)14-6-5-13(20)9-17(14)26-4/h5-12H,1-4H3. The molecule has 1 aromatic carbocycles. The van der Waals surface area contributed by atoms with Crippen molar-refractivity contribution < 1.29 is 13.2 Å². The van der Waals surface area contributed by atoms with Gasteiger partial charge in [-0.2, -0.15) is 0 Å². The first-order valence-electron chi connectivity index (χ1n) is 8.42. The van der Waals surface area contributed by atoms with Crippen molar-refractivity contribution in [3.05, 3.63) is 46.7 Å². The topological polar surface area (TPSA) is 61.2 Å². The lowest BCUT2D eigenvalue weighted by atomic mass is 10.0. The normalized spacial score (nSPS) is 13.3. The van der Waals surface area contributed by atoms with Gasteiger partial charge >= 0.3 is 0 Å². The van der Waals surface area contributed by atoms with E-state index in [0.717, 1.165) is 0 Å². The SMILES string of the molecule is COc1cc(Cl)ccc1-c1cn(S(=O)(=O)C(C)C(C)C)c2nccc(Cl)c12. The second-order valence-electron chi connectivity index (χ2n) is 6.67. The summed E-state index contributed by atoms with van der Waals surface area (Å²) in [6, 6.07) is 6.81. The summed E-state index contributed by atoms with van der Waals surface area (Å²) >= 11 is 12.5. The van der Waals surface area contributed by atoms with Gasteiger partial charge in [-0.1, -0.05) is 37.0 Å². The monoisotopic (exact) mass is 426 g/mol. The molecule has 0 radical (unpaired) electrons. The van der Waals surface area contributed by atoms with E-state index in [1.165, 1.54) is 17.3 Å². The molecule has 0 saturated carbocycles. The highest BCUT2D eigenvalue weighted by Gasteiger charge is 2.30. The number of nitrogens with zero attached hydrogens (tertiary/aromatic N) is 2. The van der Waals surface area contributed by atoms with Crippen LogP contribution in [0.3, 0.4) is 0 Å². The molecule has 0 aliphatic heterocycles. The van der Waals surface area contributed by atoms with Crippen molar-refractivity contribution in [3.8, 4) is 16.9 Å². The minimum absolute atomic E-state index is 0.0554. The maximum Gasteiger partial charge on any atom is 0.243 e. The average molecular weight is 427 g/mol. The first kappa shape index (κ1) is 20.0. The number of aromatic nitrogens is 2. The molecule has 2 aromatic heterocycles. The van der Waals surface area contributed by atoms with Crippen molar-refractivity contribution in [2.75, 3.05) is 7.11 Å². The van der Waals surface area contributed by atoms with Crippen LogP contribution in [0.15, 0.2) is 36.7 Å². The van der Waals surface area contributed by atoms with Gasteiger partial charge < -0.3 is 4.74 Å². The summed E-state index contributed by atoms with van der Waals surface area (Å²) < 4.78 is 33.0. The Balaban J connectivity index is 2.38. The van der Waals surface area contributed by atoms with Gasteiger partial charge in [0.15, 0.2) is 5.65 Å². The molecule has 0 aliphatic carbocycles. The summed E-state index contributed by atoms with van der Waals surface area (Å²) in [4.78, 5) is 4.30. The van der Waals surface area contributed by atoms with Gasteiger partial charge in [-0.15, -0.1) is 0 Å². The summed E-state index contributed by atoms with van der Waals surface area (Å²) in [5, 5.41) is 0.899. The number of benzene rings is 1. The molecule has 0 amide bonds. The smallest absolute Gasteiger partial charge is 0.243 e. The first-order chi connectivity index (χ1) is 12.7. The van der Waals surface area contributed by atoms with Crippen LogP contribution in [-0.2, 0) is 10.0 Å². The largest absolute Gasteiger partial charge is 0.496 e. The molecular weight excluding hydrogens is 407 g/mol. The van der Waals surface area contributed by atoms with E-state index in [2.05, 4.69) is 4.98 Å². The molecule has 5 nitrogen and oxygen atoms in total. The predicted molar refractivity (Wildman–Crippen MR) is 110 cm³/mol. The van der Waals surface area contributed by atoms with Crippen LogP contribution >= 0.6 is 23.2 Å². The maximum absolute atomic E-state index is 13.2. The summed E-state index contributed by atoms with van der Waals surface area (Å²) in [7, 11) is -2.13. The molecule has 0 N–H and O–H groups in total. The minimum atomic E-state index is -3.67. The van der Waals surface area contributed by atoms with Crippen molar-refractivity contribution in [3.63, 3.8) is 0 Å². The molecule has 0 bridgehead atoms. The minimum Gasteiger partial charge on any atom is -0.496 e. The van der Waals surface area contributed by atoms with Crippen LogP contribution in [0.4, 0.5) is 0 Å². The van der Waals surface area contributed by atoms with Crippen LogP contribution in [0.1, 0.15) is 20.8 Å². The molecule has 144 valence electrons. The van der Waals surface area contributed by atoms with E-state index >= 15 is 0 Å². The van der Waals surface area contributed by atoms with Crippen LogP contribution < -0.4 is 4.74 Å². The predicted octanol–water partition coefficient (Wildman–Crippen LogP) is 5.24. The van der Waals surface area contributed by atoms with Gasteiger partial charge in [0.2, 0.25) is 10.0 Å². The van der Waals surface area contributed by atoms with Crippen molar-refractivity contribution in [1.82, 2.24) is 8.96 Å². The number of hydrogen-bond acceptors (Lipinski definition) is 4. The highest BCUT2D eigenvalue weighted by molar-refractivity contribution is 7.90. The quantitative estimate of drug-likeness (QED) is 0.559. The molecule has 1 atom stereocenters. The molecule has 2 heterocycles. The number of methoxy groups -OCH3 is 1. The zero-order valence-corrected chi connectivity index (χ0v) is 17.7. The zero-order valence-electron chi connectivity index (χ0n) is 15.4. The molecule has 0 saturated heterocycles. The molecule has 0 fully saturated rings. The number of halogens is 2. The number of ether oxygens (including phenoxy) is 1. The van der Waals surface area contributed by atoms with Gasteiger partial charge in [0, 0.05) is 33.9 Å². The van der Waals surface area contributed by atoms with Gasteiger partial charge in [-0.25, -0.2) is 17.4 Å². The Morgan fingerprint density at radius 2 is 1.81 bits per heavy atom. The Morgan fingerprint density at radius 1 is 1.11 bits per heavy atom. The van der Waals surface area contributed by atoms with Crippen molar-refractivity contribution in [2.45, 2.75) is 26.0 Å². The molecule has 0 spiro atoms. The molecule has 3 rings (SSSR count). The molecule has 3 aromatic rings. The second kappa shape index (κ2) is 7.34. The summed E-state index contributed by atoms with van der Waals surface area (Å²) in [6.45, 7) is 5.44. The molecular formula is C19H20Cl2N2O3S. The number of hydrogen-bond donors (Lipinski definition) is 0. The third kappa shape index (κ3) is 3.42. The molecule has 0 aliphatic rings. The summed E-state index contributed by atoms with van der Waals surface area (Å²) in [5.74, 6) is 0.468. The highest BCUT2D eigenvalue weighted by atomic mass is 35.5. The average Bonchev–Trinajstić information content (AvgIpc) is 3.02. The Kier molecular flexibility index (Phi) is 5.43. The van der Waals surface area contributed by atoms with E-state index in [9.17, 15) is 8.42 Å². The lowest BCUT2D eigenvalue weighted by Crippen LogP contribution is -2.29. The third-order valence-electron chi connectivity index (χ3n) is 4.74. The lowest BCUT2D eigenvalue weighted by molar-refractivity contribution is 0.416. The Bertz CT molecular complexity index is 1110. The van der Waals surface area contributed by atoms with E-state index in [4.69, 9.17) is 27.9 Å². The fourth-order valence-electron chi connectivity index (χ4n) is 2.90. The molecule has 8 heteroatoms. The van der Waals surface area contributed by atoms with Gasteiger partial charge in [0.1, 0.15) is 5.75 Å².